The van der Waals surface area contributed by atoms with Crippen molar-refractivity contribution in [3.63, 3.8) is 0 Å². The van der Waals surface area contributed by atoms with Crippen LogP contribution >= 0.6 is 0 Å². The molecule has 1 aromatic rings. The van der Waals surface area contributed by atoms with Crippen molar-refractivity contribution < 1.29 is 4.74 Å². The highest BCUT2D eigenvalue weighted by Gasteiger charge is 2.20. The molecule has 0 bridgehead atoms. The van der Waals surface area contributed by atoms with Gasteiger partial charge in [0.2, 0.25) is 0 Å². The Morgan fingerprint density at radius 1 is 1.27 bits per heavy atom. The Balaban J connectivity index is 2.26. The fraction of sp³-hybridized carbons (Fsp3) is 0.571. The molecule has 0 spiro atoms. The van der Waals surface area contributed by atoms with Gasteiger partial charge in [-0.1, -0.05) is 45.0 Å². The van der Waals surface area contributed by atoms with Crippen LogP contribution in [0.5, 0.6) is 0 Å². The summed E-state index contributed by atoms with van der Waals surface area (Å²) < 4.78 is 5.44. The summed E-state index contributed by atoms with van der Waals surface area (Å²) >= 11 is 0. The van der Waals surface area contributed by atoms with Crippen molar-refractivity contribution in [2.45, 2.75) is 38.5 Å². The minimum atomic E-state index is 0.246. The van der Waals surface area contributed by atoms with Crippen LogP contribution in [0.15, 0.2) is 24.3 Å². The van der Waals surface area contributed by atoms with E-state index in [0.29, 0.717) is 5.92 Å². The number of hydrogen-bond acceptors (Lipinski definition) is 1. The van der Waals surface area contributed by atoms with E-state index in [1.165, 1.54) is 17.5 Å². The molecular formula is C14H20O. The molecule has 0 aromatic heterocycles. The van der Waals surface area contributed by atoms with Gasteiger partial charge in [-0.15, -0.1) is 0 Å². The molecule has 1 atom stereocenters. The van der Waals surface area contributed by atoms with E-state index in [9.17, 15) is 0 Å². The van der Waals surface area contributed by atoms with Crippen LogP contribution in [0.1, 0.15) is 44.2 Å². The molecule has 0 saturated carbocycles. The average molecular weight is 204 g/mol. The number of benzene rings is 1. The van der Waals surface area contributed by atoms with Gasteiger partial charge in [-0.25, -0.2) is 0 Å². The molecule has 1 fully saturated rings. The third-order valence-electron chi connectivity index (χ3n) is 3.15. The molecule has 1 aromatic carbocycles. The van der Waals surface area contributed by atoms with E-state index in [1.807, 2.05) is 0 Å². The summed E-state index contributed by atoms with van der Waals surface area (Å²) in [6, 6.07) is 8.97. The molecule has 82 valence electrons. The molecule has 1 aliphatic rings. The average Bonchev–Trinajstić information content (AvgIpc) is 2.69. The van der Waals surface area contributed by atoms with Crippen molar-refractivity contribution >= 4 is 0 Å². The maximum absolute atomic E-state index is 5.44. The highest BCUT2D eigenvalue weighted by atomic mass is 16.5. The van der Waals surface area contributed by atoms with Crippen molar-refractivity contribution in [2.75, 3.05) is 13.2 Å². The van der Waals surface area contributed by atoms with Gasteiger partial charge in [-0.3, -0.25) is 0 Å². The zero-order valence-electron chi connectivity index (χ0n) is 9.92. The predicted octanol–water partition coefficient (Wildman–Crippen LogP) is 3.49. The zero-order valence-corrected chi connectivity index (χ0v) is 9.92. The second-order valence-electron chi connectivity index (χ2n) is 5.44. The molecule has 15 heavy (non-hydrogen) atoms. The smallest absolute Gasteiger partial charge is 0.0535 e. The Bertz CT molecular complexity index is 329. The monoisotopic (exact) mass is 204 g/mol. The lowest BCUT2D eigenvalue weighted by atomic mass is 9.84. The first-order chi connectivity index (χ1) is 7.07. The quantitative estimate of drug-likeness (QED) is 0.680. The summed E-state index contributed by atoms with van der Waals surface area (Å²) in [4.78, 5) is 0. The summed E-state index contributed by atoms with van der Waals surface area (Å²) in [6.45, 7) is 8.60. The number of ether oxygens (including phenoxy) is 1. The Morgan fingerprint density at radius 3 is 2.67 bits per heavy atom. The van der Waals surface area contributed by atoms with E-state index in [0.717, 1.165) is 13.2 Å². The lowest BCUT2D eigenvalue weighted by Gasteiger charge is -2.20. The largest absolute Gasteiger partial charge is 0.381 e. The molecule has 1 heteroatoms. The predicted molar refractivity (Wildman–Crippen MR) is 63.3 cm³/mol. The van der Waals surface area contributed by atoms with E-state index in [1.54, 1.807) is 0 Å². The van der Waals surface area contributed by atoms with Gasteiger partial charge >= 0.3 is 0 Å². The Morgan fingerprint density at radius 2 is 2.07 bits per heavy atom. The Hall–Kier alpha value is -0.820. The molecule has 0 unspecified atom stereocenters. The number of rotatable bonds is 1. The van der Waals surface area contributed by atoms with Gasteiger partial charge in [0.15, 0.2) is 0 Å². The van der Waals surface area contributed by atoms with E-state index < -0.39 is 0 Å². The van der Waals surface area contributed by atoms with E-state index in [4.69, 9.17) is 4.74 Å². The molecule has 0 radical (unpaired) electrons. The summed E-state index contributed by atoms with van der Waals surface area (Å²) in [5.74, 6) is 0.618. The van der Waals surface area contributed by atoms with E-state index in [-0.39, 0.29) is 5.41 Å². The first-order valence-electron chi connectivity index (χ1n) is 5.75. The van der Waals surface area contributed by atoms with Gasteiger partial charge in [0, 0.05) is 12.5 Å². The van der Waals surface area contributed by atoms with Crippen LogP contribution in [0, 0.1) is 0 Å². The minimum Gasteiger partial charge on any atom is -0.381 e. The minimum absolute atomic E-state index is 0.246. The SMILES string of the molecule is CC(C)(C)c1cccc([C@H]2CCOC2)c1. The van der Waals surface area contributed by atoms with Gasteiger partial charge < -0.3 is 4.74 Å². The van der Waals surface area contributed by atoms with E-state index >= 15 is 0 Å². The Kier molecular flexibility index (Phi) is 2.83. The van der Waals surface area contributed by atoms with Gasteiger partial charge in [-0.2, -0.15) is 0 Å². The van der Waals surface area contributed by atoms with Crippen molar-refractivity contribution in [3.05, 3.63) is 35.4 Å². The maximum atomic E-state index is 5.44. The molecule has 0 amide bonds. The fourth-order valence-corrected chi connectivity index (χ4v) is 2.06. The number of hydrogen-bond donors (Lipinski definition) is 0. The summed E-state index contributed by atoms with van der Waals surface area (Å²) in [7, 11) is 0. The van der Waals surface area contributed by atoms with Crippen molar-refractivity contribution in [2.24, 2.45) is 0 Å². The van der Waals surface area contributed by atoms with E-state index in [2.05, 4.69) is 45.0 Å². The second-order valence-corrected chi connectivity index (χ2v) is 5.44. The van der Waals surface area contributed by atoms with Gasteiger partial charge in [0.05, 0.1) is 6.61 Å². The third-order valence-corrected chi connectivity index (χ3v) is 3.15. The summed E-state index contributed by atoms with van der Waals surface area (Å²) in [5, 5.41) is 0. The molecule has 1 saturated heterocycles. The van der Waals surface area contributed by atoms with Crippen LogP contribution in [0.2, 0.25) is 0 Å². The highest BCUT2D eigenvalue weighted by Crippen LogP contribution is 2.29. The molecular weight excluding hydrogens is 184 g/mol. The molecule has 1 heterocycles. The van der Waals surface area contributed by atoms with Crippen LogP contribution < -0.4 is 0 Å². The van der Waals surface area contributed by atoms with Gasteiger partial charge in [-0.05, 0) is 23.0 Å². The van der Waals surface area contributed by atoms with Crippen LogP contribution in [-0.2, 0) is 10.2 Å². The van der Waals surface area contributed by atoms with Crippen LogP contribution in [0.4, 0.5) is 0 Å². The fourth-order valence-electron chi connectivity index (χ4n) is 2.06. The molecule has 1 aliphatic heterocycles. The topological polar surface area (TPSA) is 9.23 Å². The van der Waals surface area contributed by atoms with Crippen molar-refractivity contribution in [1.82, 2.24) is 0 Å². The van der Waals surface area contributed by atoms with Gasteiger partial charge in [0.1, 0.15) is 0 Å². The molecule has 1 nitrogen and oxygen atoms in total. The van der Waals surface area contributed by atoms with Crippen LogP contribution in [0.3, 0.4) is 0 Å². The molecule has 2 rings (SSSR count). The summed E-state index contributed by atoms with van der Waals surface area (Å²) in [5.41, 5.74) is 3.11. The third kappa shape index (κ3) is 2.40. The van der Waals surface area contributed by atoms with Crippen LogP contribution in [-0.4, -0.2) is 13.2 Å². The maximum Gasteiger partial charge on any atom is 0.0535 e. The standard InChI is InChI=1S/C14H20O/c1-14(2,3)13-6-4-5-11(9-13)12-7-8-15-10-12/h4-6,9,12H,7-8,10H2,1-3H3/t12-/m0/s1. The molecule has 0 N–H and O–H groups in total. The zero-order chi connectivity index (χ0) is 10.9. The lowest BCUT2D eigenvalue weighted by Crippen LogP contribution is -2.12. The lowest BCUT2D eigenvalue weighted by molar-refractivity contribution is 0.194. The summed E-state index contributed by atoms with van der Waals surface area (Å²) in [6.07, 6.45) is 1.17. The van der Waals surface area contributed by atoms with Gasteiger partial charge in [0.25, 0.3) is 0 Å². The van der Waals surface area contributed by atoms with Crippen LogP contribution in [0.25, 0.3) is 0 Å². The Labute approximate surface area is 92.5 Å². The second kappa shape index (κ2) is 3.97. The normalized spacial score (nSPS) is 21.9. The first kappa shape index (κ1) is 10.7. The van der Waals surface area contributed by atoms with Crippen molar-refractivity contribution in [1.29, 1.82) is 0 Å². The highest BCUT2D eigenvalue weighted by molar-refractivity contribution is 5.31. The first-order valence-corrected chi connectivity index (χ1v) is 5.75. The van der Waals surface area contributed by atoms with Crippen molar-refractivity contribution in [3.8, 4) is 0 Å². The molecule has 0 aliphatic carbocycles.